The molecule has 0 saturated carbocycles. The van der Waals surface area contributed by atoms with E-state index in [0.717, 1.165) is 13.1 Å². The molecule has 89 valence electrons. The molecule has 0 aliphatic heterocycles. The minimum atomic E-state index is 0.854. The third kappa shape index (κ3) is 2.44. The largest absolute Gasteiger partial charge is 0.357 e. The van der Waals surface area contributed by atoms with Crippen LogP contribution in [0, 0.1) is 6.07 Å². The van der Waals surface area contributed by atoms with E-state index in [2.05, 4.69) is 58.8 Å². The Morgan fingerprint density at radius 2 is 1.83 bits per heavy atom. The second-order valence-electron chi connectivity index (χ2n) is 4.39. The smallest absolute Gasteiger partial charge is 0.0456 e. The summed E-state index contributed by atoms with van der Waals surface area (Å²) in [6.45, 7) is 1.73. The van der Waals surface area contributed by atoms with E-state index in [0.29, 0.717) is 0 Å². The van der Waals surface area contributed by atoms with Crippen LogP contribution in [-0.2, 0) is 13.1 Å². The summed E-state index contributed by atoms with van der Waals surface area (Å²) in [6, 6.07) is 21.6. The van der Waals surface area contributed by atoms with Gasteiger partial charge in [0.05, 0.1) is 0 Å². The lowest BCUT2D eigenvalue weighted by molar-refractivity contribution is 0.683. The van der Waals surface area contributed by atoms with Crippen LogP contribution in [0.25, 0.3) is 10.9 Å². The molecule has 0 unspecified atom stereocenters. The number of fused-ring (bicyclic) bond motifs is 1. The Morgan fingerprint density at radius 3 is 2.67 bits per heavy atom. The molecule has 2 aromatic carbocycles. The molecule has 0 bridgehead atoms. The quantitative estimate of drug-likeness (QED) is 0.713. The molecule has 0 fully saturated rings. The number of hydrogen-bond donors (Lipinski definition) is 2. The molecule has 3 aromatic rings. The van der Waals surface area contributed by atoms with Gasteiger partial charge in [0.25, 0.3) is 0 Å². The molecule has 3 rings (SSSR count). The number of hydrogen-bond acceptors (Lipinski definition) is 1. The Labute approximate surface area is 107 Å². The highest BCUT2D eigenvalue weighted by molar-refractivity contribution is 5.80. The van der Waals surface area contributed by atoms with Gasteiger partial charge in [-0.3, -0.25) is 0 Å². The van der Waals surface area contributed by atoms with Gasteiger partial charge in [-0.05, 0) is 29.1 Å². The van der Waals surface area contributed by atoms with E-state index in [4.69, 9.17) is 0 Å². The minimum Gasteiger partial charge on any atom is -0.357 e. The van der Waals surface area contributed by atoms with Crippen molar-refractivity contribution in [2.75, 3.05) is 0 Å². The molecule has 2 N–H and O–H groups in total. The SMILES string of the molecule is [c]1ccc(CNCc2cc3ccccc3[nH]2)cc1. The first-order valence-corrected chi connectivity index (χ1v) is 6.14. The summed E-state index contributed by atoms with van der Waals surface area (Å²) in [5.74, 6) is 0. The van der Waals surface area contributed by atoms with E-state index in [-0.39, 0.29) is 0 Å². The van der Waals surface area contributed by atoms with Gasteiger partial charge >= 0.3 is 0 Å². The van der Waals surface area contributed by atoms with Crippen LogP contribution in [0.5, 0.6) is 0 Å². The van der Waals surface area contributed by atoms with Crippen molar-refractivity contribution in [3.8, 4) is 0 Å². The summed E-state index contributed by atoms with van der Waals surface area (Å²) in [6.07, 6.45) is 0. The summed E-state index contributed by atoms with van der Waals surface area (Å²) in [7, 11) is 0. The van der Waals surface area contributed by atoms with Crippen molar-refractivity contribution in [2.45, 2.75) is 13.1 Å². The summed E-state index contributed by atoms with van der Waals surface area (Å²) in [5, 5.41) is 4.70. The average molecular weight is 235 g/mol. The van der Waals surface area contributed by atoms with E-state index in [9.17, 15) is 0 Å². The number of nitrogens with one attached hydrogen (secondary N) is 2. The molecule has 0 amide bonds. The summed E-state index contributed by atoms with van der Waals surface area (Å²) in [5.41, 5.74) is 3.70. The standard InChI is InChI=1S/C16H15N2/c1-2-6-13(7-3-1)11-17-12-15-10-14-8-4-5-9-16(14)18-15/h2-10,17-18H,11-12H2. The lowest BCUT2D eigenvalue weighted by Crippen LogP contribution is -2.12. The number of rotatable bonds is 4. The van der Waals surface area contributed by atoms with Crippen molar-refractivity contribution >= 4 is 10.9 Å². The van der Waals surface area contributed by atoms with Crippen molar-refractivity contribution in [3.05, 3.63) is 71.9 Å². The van der Waals surface area contributed by atoms with Crippen molar-refractivity contribution in [1.82, 2.24) is 10.3 Å². The molecule has 0 spiro atoms. The first-order chi connectivity index (χ1) is 8.92. The van der Waals surface area contributed by atoms with Crippen LogP contribution in [0.2, 0.25) is 0 Å². The Balaban J connectivity index is 1.63. The third-order valence-corrected chi connectivity index (χ3v) is 3.02. The van der Waals surface area contributed by atoms with Gasteiger partial charge in [-0.2, -0.15) is 0 Å². The van der Waals surface area contributed by atoms with Crippen LogP contribution in [0.3, 0.4) is 0 Å². The highest BCUT2D eigenvalue weighted by Gasteiger charge is 1.99. The highest BCUT2D eigenvalue weighted by atomic mass is 14.9. The number of H-pyrrole nitrogens is 1. The highest BCUT2D eigenvalue weighted by Crippen LogP contribution is 2.14. The molecular formula is C16H15N2. The Hall–Kier alpha value is -2.06. The number of benzene rings is 2. The van der Waals surface area contributed by atoms with Crippen molar-refractivity contribution in [2.24, 2.45) is 0 Å². The first kappa shape index (κ1) is 11.1. The van der Waals surface area contributed by atoms with Gasteiger partial charge in [0.1, 0.15) is 0 Å². The maximum Gasteiger partial charge on any atom is 0.0456 e. The van der Waals surface area contributed by atoms with E-state index >= 15 is 0 Å². The van der Waals surface area contributed by atoms with Crippen molar-refractivity contribution in [3.63, 3.8) is 0 Å². The van der Waals surface area contributed by atoms with E-state index in [1.807, 2.05) is 12.1 Å². The summed E-state index contributed by atoms with van der Waals surface area (Å²) < 4.78 is 0. The predicted octanol–water partition coefficient (Wildman–Crippen LogP) is 3.26. The predicted molar refractivity (Wildman–Crippen MR) is 74.1 cm³/mol. The van der Waals surface area contributed by atoms with Crippen LogP contribution in [0.4, 0.5) is 0 Å². The molecule has 1 aromatic heterocycles. The maximum atomic E-state index is 3.43. The van der Waals surface area contributed by atoms with Crippen LogP contribution >= 0.6 is 0 Å². The maximum absolute atomic E-state index is 3.43. The van der Waals surface area contributed by atoms with Crippen LogP contribution in [0.15, 0.2) is 54.6 Å². The lowest BCUT2D eigenvalue weighted by atomic mass is 10.2. The number of aromatic amines is 1. The van der Waals surface area contributed by atoms with Gasteiger partial charge in [-0.15, -0.1) is 0 Å². The second kappa shape index (κ2) is 5.07. The monoisotopic (exact) mass is 235 g/mol. The molecule has 2 heteroatoms. The van der Waals surface area contributed by atoms with Crippen molar-refractivity contribution < 1.29 is 0 Å². The van der Waals surface area contributed by atoms with Crippen molar-refractivity contribution in [1.29, 1.82) is 0 Å². The normalized spacial score (nSPS) is 10.9. The first-order valence-electron chi connectivity index (χ1n) is 6.14. The Bertz CT molecular complexity index is 593. The van der Waals surface area contributed by atoms with Gasteiger partial charge in [-0.25, -0.2) is 0 Å². The second-order valence-corrected chi connectivity index (χ2v) is 4.39. The van der Waals surface area contributed by atoms with Crippen LogP contribution in [-0.4, -0.2) is 4.98 Å². The minimum absolute atomic E-state index is 0.854. The van der Waals surface area contributed by atoms with Crippen LogP contribution < -0.4 is 5.32 Å². The molecule has 1 heterocycles. The fraction of sp³-hybridized carbons (Fsp3) is 0.125. The van der Waals surface area contributed by atoms with Gasteiger partial charge in [0.2, 0.25) is 0 Å². The molecule has 2 nitrogen and oxygen atoms in total. The van der Waals surface area contributed by atoms with Gasteiger partial charge in [0.15, 0.2) is 0 Å². The molecular weight excluding hydrogens is 220 g/mol. The van der Waals surface area contributed by atoms with Gasteiger partial charge in [-0.1, -0.05) is 42.5 Å². The third-order valence-electron chi connectivity index (χ3n) is 3.02. The van der Waals surface area contributed by atoms with E-state index < -0.39 is 0 Å². The summed E-state index contributed by atoms with van der Waals surface area (Å²) in [4.78, 5) is 3.41. The van der Waals surface area contributed by atoms with Gasteiger partial charge in [0, 0.05) is 24.3 Å². The Morgan fingerprint density at radius 1 is 1.00 bits per heavy atom. The van der Waals surface area contributed by atoms with E-state index in [1.54, 1.807) is 0 Å². The lowest BCUT2D eigenvalue weighted by Gasteiger charge is -2.02. The van der Waals surface area contributed by atoms with E-state index in [1.165, 1.54) is 22.2 Å². The molecule has 18 heavy (non-hydrogen) atoms. The fourth-order valence-electron chi connectivity index (χ4n) is 2.11. The molecule has 0 saturated heterocycles. The molecule has 0 aliphatic rings. The zero-order valence-corrected chi connectivity index (χ0v) is 10.1. The number of aromatic nitrogens is 1. The topological polar surface area (TPSA) is 27.8 Å². The Kier molecular flexibility index (Phi) is 3.11. The average Bonchev–Trinajstić information content (AvgIpc) is 2.82. The summed E-state index contributed by atoms with van der Waals surface area (Å²) >= 11 is 0. The number of para-hydroxylation sites is 1. The molecule has 0 atom stereocenters. The molecule has 0 aliphatic carbocycles. The van der Waals surface area contributed by atoms with Gasteiger partial charge < -0.3 is 10.3 Å². The molecule has 1 radical (unpaired) electrons. The fourth-order valence-corrected chi connectivity index (χ4v) is 2.11. The zero-order chi connectivity index (χ0) is 12.2. The zero-order valence-electron chi connectivity index (χ0n) is 10.1. The van der Waals surface area contributed by atoms with Crippen LogP contribution in [0.1, 0.15) is 11.3 Å².